The molecule has 0 bridgehead atoms. The van der Waals surface area contributed by atoms with Crippen LogP contribution in [0.25, 0.3) is 11.1 Å². The predicted octanol–water partition coefficient (Wildman–Crippen LogP) is 9.44. The van der Waals surface area contributed by atoms with Crippen LogP contribution in [0.15, 0.2) is 48.5 Å². The van der Waals surface area contributed by atoms with E-state index in [9.17, 15) is 18.4 Å². The number of amides is 2. The number of carbonyl (C=O) groups is 2. The SMILES string of the molecule is [CH2-]C(C[CH-][C@@H]1C[C@@H](F)CN1C(=O)OC(C)(C)C)c1ccc(-c2ccc(C3CCC([C@@H]4C[C@@H](F)CN4C(=O)OC(C)(C)C)C3)cc2)cc1.[Y]. The summed E-state index contributed by atoms with van der Waals surface area (Å²) in [5.74, 6) is 0.623. The van der Waals surface area contributed by atoms with E-state index >= 15 is 0 Å². The van der Waals surface area contributed by atoms with E-state index in [1.807, 2.05) is 48.0 Å². The minimum atomic E-state index is -1.06. The van der Waals surface area contributed by atoms with Gasteiger partial charge < -0.3 is 32.6 Å². The van der Waals surface area contributed by atoms with Crippen LogP contribution in [0.1, 0.15) is 103 Å². The minimum absolute atomic E-state index is 0. The molecule has 1 radical (unpaired) electrons. The van der Waals surface area contributed by atoms with Gasteiger partial charge in [-0.3, -0.25) is 0 Å². The smallest absolute Gasteiger partial charge is 0.410 e. The van der Waals surface area contributed by atoms with Gasteiger partial charge in [0.25, 0.3) is 0 Å². The van der Waals surface area contributed by atoms with E-state index in [2.05, 4.69) is 55.5 Å². The molecule has 0 N–H and O–H groups in total. The van der Waals surface area contributed by atoms with Gasteiger partial charge in [0.05, 0.1) is 13.1 Å². The van der Waals surface area contributed by atoms with Crippen molar-refractivity contribution in [2.75, 3.05) is 13.1 Å². The van der Waals surface area contributed by atoms with Crippen molar-refractivity contribution in [3.8, 4) is 11.1 Å². The van der Waals surface area contributed by atoms with E-state index in [1.54, 1.807) is 4.90 Å². The number of ether oxygens (including phenoxy) is 2. The number of hydrogen-bond donors (Lipinski definition) is 0. The molecule has 1 saturated carbocycles. The molecule has 0 spiro atoms. The first-order valence-corrected chi connectivity index (χ1v) is 17.2. The monoisotopic (exact) mass is 739 g/mol. The summed E-state index contributed by atoms with van der Waals surface area (Å²) in [6.45, 7) is 15.5. The molecular formula is C39H52F2N2O4Y-2. The zero-order valence-electron chi connectivity index (χ0n) is 29.5. The summed E-state index contributed by atoms with van der Waals surface area (Å²) in [7, 11) is 0. The van der Waals surface area contributed by atoms with E-state index in [0.29, 0.717) is 18.8 Å². The minimum Gasteiger partial charge on any atom is -0.444 e. The Bertz CT molecular complexity index is 1370. The molecule has 2 aliphatic heterocycles. The van der Waals surface area contributed by atoms with Crippen LogP contribution in [0.5, 0.6) is 0 Å². The molecule has 3 unspecified atom stereocenters. The van der Waals surface area contributed by atoms with Gasteiger partial charge in [-0.25, -0.2) is 18.4 Å². The number of rotatable bonds is 7. The first-order valence-electron chi connectivity index (χ1n) is 17.2. The second-order valence-corrected chi connectivity index (χ2v) is 15.7. The molecule has 2 saturated heterocycles. The molecule has 1 aliphatic carbocycles. The van der Waals surface area contributed by atoms with Crippen molar-refractivity contribution in [2.45, 2.75) is 128 Å². The average Bonchev–Trinajstić information content (AvgIpc) is 3.72. The van der Waals surface area contributed by atoms with Gasteiger partial charge in [-0.1, -0.05) is 60.1 Å². The standard InChI is InChI=1S/C39H52F2N2O4.Y/c1-25(8-19-34-21-32(40)23-42(34)36(44)46-38(2,3)4)26-9-11-27(12-10-26)28-13-15-29(16-14-28)30-17-18-31(20-30)35-22-33(41)24-43(35)37(45)47-39(5,6)7;/h9-16,19,25,30-35H,1,8,17-18,20-24H2,2-7H3;/q-2;/t25?,30?,31?,32-,33-,34-,35+;/m1./s1. The Hall–Kier alpha value is -2.06. The van der Waals surface area contributed by atoms with Crippen molar-refractivity contribution in [2.24, 2.45) is 5.92 Å². The van der Waals surface area contributed by atoms with Crippen LogP contribution in [0.4, 0.5) is 18.4 Å². The summed E-state index contributed by atoms with van der Waals surface area (Å²) in [6, 6.07) is 16.7. The van der Waals surface area contributed by atoms with Crippen LogP contribution >= 0.6 is 0 Å². The molecule has 261 valence electrons. The fourth-order valence-corrected chi connectivity index (χ4v) is 7.38. The van der Waals surface area contributed by atoms with Crippen molar-refractivity contribution < 1.29 is 60.6 Å². The van der Waals surface area contributed by atoms with Gasteiger partial charge in [-0.15, -0.1) is 0 Å². The van der Waals surface area contributed by atoms with Crippen molar-refractivity contribution in [3.63, 3.8) is 0 Å². The maximum absolute atomic E-state index is 14.5. The molecule has 6 nitrogen and oxygen atoms in total. The van der Waals surface area contributed by atoms with Crippen molar-refractivity contribution in [1.29, 1.82) is 0 Å². The Morgan fingerprint density at radius 1 is 0.812 bits per heavy atom. The van der Waals surface area contributed by atoms with E-state index in [0.717, 1.165) is 36.0 Å². The third kappa shape index (κ3) is 10.0. The number of alkyl halides is 2. The summed E-state index contributed by atoms with van der Waals surface area (Å²) in [5, 5.41) is 0. The van der Waals surface area contributed by atoms with Crippen LogP contribution in [0.3, 0.4) is 0 Å². The quantitative estimate of drug-likeness (QED) is 0.266. The summed E-state index contributed by atoms with van der Waals surface area (Å²) in [5.41, 5.74) is 3.37. The van der Waals surface area contributed by atoms with Crippen LogP contribution in [0, 0.1) is 19.3 Å². The van der Waals surface area contributed by atoms with Gasteiger partial charge in [0, 0.05) is 45.2 Å². The molecule has 5 rings (SSSR count). The average molecular weight is 740 g/mol. The normalized spacial score (nSPS) is 26.7. The van der Waals surface area contributed by atoms with Crippen LogP contribution in [-0.4, -0.2) is 70.7 Å². The van der Waals surface area contributed by atoms with E-state index in [4.69, 9.17) is 9.47 Å². The molecule has 3 fully saturated rings. The topological polar surface area (TPSA) is 59.1 Å². The molecule has 2 aromatic rings. The number of carbonyl (C=O) groups excluding carboxylic acids is 2. The van der Waals surface area contributed by atoms with E-state index in [-0.39, 0.29) is 76.1 Å². The number of halogens is 2. The zero-order chi connectivity index (χ0) is 34.1. The first kappa shape index (κ1) is 38.7. The van der Waals surface area contributed by atoms with E-state index < -0.39 is 35.7 Å². The van der Waals surface area contributed by atoms with Gasteiger partial charge in [0.15, 0.2) is 0 Å². The second kappa shape index (κ2) is 15.9. The Balaban J connectivity index is 0.00000520. The number of likely N-dealkylation sites (tertiary alicyclic amines) is 2. The Labute approximate surface area is 311 Å². The van der Waals surface area contributed by atoms with Crippen molar-refractivity contribution >= 4 is 12.2 Å². The zero-order valence-corrected chi connectivity index (χ0v) is 32.3. The van der Waals surface area contributed by atoms with Gasteiger partial charge in [-0.05, 0) is 95.8 Å². The fourth-order valence-electron chi connectivity index (χ4n) is 7.38. The first-order chi connectivity index (χ1) is 22.1. The Morgan fingerprint density at radius 2 is 1.33 bits per heavy atom. The second-order valence-electron chi connectivity index (χ2n) is 15.7. The van der Waals surface area contributed by atoms with Gasteiger partial charge in [0.1, 0.15) is 23.5 Å². The number of benzene rings is 2. The molecule has 0 aromatic heterocycles. The predicted molar refractivity (Wildman–Crippen MR) is 181 cm³/mol. The van der Waals surface area contributed by atoms with Gasteiger partial charge >= 0.3 is 12.2 Å². The van der Waals surface area contributed by atoms with Crippen molar-refractivity contribution in [3.05, 3.63) is 73.0 Å². The molecular weight excluding hydrogens is 687 g/mol. The molecule has 7 atom stereocenters. The van der Waals surface area contributed by atoms with Crippen LogP contribution in [0.2, 0.25) is 0 Å². The summed E-state index contributed by atoms with van der Waals surface area (Å²) in [6.07, 6.45) is 3.30. The fraction of sp³-hybridized carbons (Fsp3) is 0.590. The third-order valence-corrected chi connectivity index (χ3v) is 9.65. The number of nitrogens with zero attached hydrogens (tertiary/aromatic N) is 2. The summed E-state index contributed by atoms with van der Waals surface area (Å²) in [4.78, 5) is 28.6. The van der Waals surface area contributed by atoms with Gasteiger partial charge in [0.2, 0.25) is 0 Å². The van der Waals surface area contributed by atoms with E-state index in [1.165, 1.54) is 10.5 Å². The maximum Gasteiger partial charge on any atom is 0.410 e. The summed E-state index contributed by atoms with van der Waals surface area (Å²) < 4.78 is 39.8. The molecule has 2 amide bonds. The third-order valence-electron chi connectivity index (χ3n) is 9.65. The van der Waals surface area contributed by atoms with Crippen LogP contribution in [-0.2, 0) is 42.2 Å². The molecule has 9 heteroatoms. The van der Waals surface area contributed by atoms with Gasteiger partial charge in [-0.2, -0.15) is 12.3 Å². The molecule has 2 aromatic carbocycles. The largest absolute Gasteiger partial charge is 0.444 e. The molecule has 2 heterocycles. The summed E-state index contributed by atoms with van der Waals surface area (Å²) >= 11 is 0. The Kier molecular flexibility index (Phi) is 12.8. The van der Waals surface area contributed by atoms with Crippen molar-refractivity contribution in [1.82, 2.24) is 9.80 Å². The van der Waals surface area contributed by atoms with Crippen LogP contribution < -0.4 is 0 Å². The number of hydrogen-bond acceptors (Lipinski definition) is 4. The maximum atomic E-state index is 14.5. The Morgan fingerprint density at radius 3 is 1.92 bits per heavy atom. The molecule has 3 aliphatic rings. The molecule has 48 heavy (non-hydrogen) atoms.